The van der Waals surface area contributed by atoms with Crippen LogP contribution < -0.4 is 5.32 Å². The summed E-state index contributed by atoms with van der Waals surface area (Å²) >= 11 is 0. The van der Waals surface area contributed by atoms with Gasteiger partial charge in [0.1, 0.15) is 0 Å². The Labute approximate surface area is 93.4 Å². The summed E-state index contributed by atoms with van der Waals surface area (Å²) in [5.41, 5.74) is 0. The van der Waals surface area contributed by atoms with E-state index in [2.05, 4.69) is 5.32 Å². The van der Waals surface area contributed by atoms with Crippen LogP contribution in [0.4, 0.5) is 13.2 Å². The minimum atomic E-state index is -4.19. The molecule has 0 heterocycles. The zero-order chi connectivity index (χ0) is 12.4. The van der Waals surface area contributed by atoms with Gasteiger partial charge in [-0.15, -0.1) is 0 Å². The molecule has 0 aliphatic rings. The van der Waals surface area contributed by atoms with Crippen LogP contribution in [0.25, 0.3) is 0 Å². The van der Waals surface area contributed by atoms with E-state index in [1.807, 2.05) is 0 Å². The molecule has 16 heavy (non-hydrogen) atoms. The highest BCUT2D eigenvalue weighted by atomic mass is 19.4. The lowest BCUT2D eigenvalue weighted by atomic mass is 10.4. The van der Waals surface area contributed by atoms with E-state index in [1.54, 1.807) is 7.05 Å². The third kappa shape index (κ3) is 10.2. The quantitative estimate of drug-likeness (QED) is 0.564. The fourth-order valence-corrected chi connectivity index (χ4v) is 1.15. The van der Waals surface area contributed by atoms with E-state index in [9.17, 15) is 13.2 Å². The molecule has 2 N–H and O–H groups in total. The Morgan fingerprint density at radius 1 is 1.25 bits per heavy atom. The summed E-state index contributed by atoms with van der Waals surface area (Å²) < 4.78 is 41.4. The molecule has 0 atom stereocenters. The van der Waals surface area contributed by atoms with Crippen LogP contribution in [0.5, 0.6) is 0 Å². The van der Waals surface area contributed by atoms with Crippen LogP contribution in [0.1, 0.15) is 0 Å². The zero-order valence-corrected chi connectivity index (χ0v) is 9.39. The van der Waals surface area contributed by atoms with Crippen molar-refractivity contribution >= 4 is 0 Å². The Balaban J connectivity index is 3.81. The van der Waals surface area contributed by atoms with E-state index in [1.165, 1.54) is 4.90 Å². The Morgan fingerprint density at radius 3 is 2.44 bits per heavy atom. The molecule has 0 aromatic heterocycles. The van der Waals surface area contributed by atoms with Gasteiger partial charge in [-0.2, -0.15) is 13.2 Å². The molecule has 0 spiro atoms. The van der Waals surface area contributed by atoms with E-state index >= 15 is 0 Å². The average Bonchev–Trinajstić information content (AvgIpc) is 2.18. The molecule has 0 rings (SSSR count). The lowest BCUT2D eigenvalue weighted by molar-refractivity contribution is -0.147. The van der Waals surface area contributed by atoms with Crippen LogP contribution in [0.2, 0.25) is 0 Å². The van der Waals surface area contributed by atoms with Crippen molar-refractivity contribution < 1.29 is 23.0 Å². The number of nitrogens with zero attached hydrogens (tertiary/aromatic N) is 1. The van der Waals surface area contributed by atoms with E-state index in [4.69, 9.17) is 9.84 Å². The van der Waals surface area contributed by atoms with Crippen molar-refractivity contribution in [3.8, 4) is 0 Å². The molecule has 0 aromatic rings. The fourth-order valence-electron chi connectivity index (χ4n) is 1.15. The molecule has 0 radical (unpaired) electrons. The second kappa shape index (κ2) is 8.74. The number of alkyl halides is 3. The predicted octanol–water partition coefficient (Wildman–Crippen LogP) is 0.0790. The van der Waals surface area contributed by atoms with Gasteiger partial charge in [0.25, 0.3) is 0 Å². The number of hydrogen-bond acceptors (Lipinski definition) is 4. The maximum Gasteiger partial charge on any atom is 0.401 e. The van der Waals surface area contributed by atoms with Crippen LogP contribution >= 0.6 is 0 Å². The van der Waals surface area contributed by atoms with Crippen molar-refractivity contribution in [2.75, 3.05) is 53.0 Å². The van der Waals surface area contributed by atoms with Gasteiger partial charge in [-0.3, -0.25) is 4.90 Å². The third-order valence-corrected chi connectivity index (χ3v) is 1.87. The van der Waals surface area contributed by atoms with Crippen molar-refractivity contribution in [3.63, 3.8) is 0 Å². The maximum atomic E-state index is 12.2. The fraction of sp³-hybridized carbons (Fsp3) is 1.00. The Kier molecular flexibility index (Phi) is 8.54. The molecule has 4 nitrogen and oxygen atoms in total. The molecular weight excluding hydrogens is 225 g/mol. The molecule has 0 aliphatic heterocycles. The molecule has 0 bridgehead atoms. The Morgan fingerprint density at radius 2 is 1.94 bits per heavy atom. The van der Waals surface area contributed by atoms with Gasteiger partial charge in [-0.05, 0) is 7.05 Å². The largest absolute Gasteiger partial charge is 0.401 e. The van der Waals surface area contributed by atoms with Gasteiger partial charge in [0.15, 0.2) is 0 Å². The van der Waals surface area contributed by atoms with Crippen LogP contribution in [0.15, 0.2) is 0 Å². The van der Waals surface area contributed by atoms with Crippen molar-refractivity contribution in [1.82, 2.24) is 10.2 Å². The number of rotatable bonds is 9. The Hall–Kier alpha value is -0.370. The van der Waals surface area contributed by atoms with Gasteiger partial charge in [-0.1, -0.05) is 0 Å². The van der Waals surface area contributed by atoms with Gasteiger partial charge < -0.3 is 15.2 Å². The standard InChI is InChI=1S/C9H19F3N2O2/c1-13-2-3-14(8-9(10,11)12)4-6-16-7-5-15/h13,15H,2-8H2,1H3. The Bertz CT molecular complexity index is 167. The summed E-state index contributed by atoms with van der Waals surface area (Å²) in [6.45, 7) is 0.328. The number of halogens is 3. The molecular formula is C9H19F3N2O2. The molecule has 0 aromatic carbocycles. The topological polar surface area (TPSA) is 44.7 Å². The van der Waals surface area contributed by atoms with Gasteiger partial charge in [0, 0.05) is 19.6 Å². The molecule has 0 saturated carbocycles. The lowest BCUT2D eigenvalue weighted by Gasteiger charge is -2.23. The highest BCUT2D eigenvalue weighted by Crippen LogP contribution is 2.15. The smallest absolute Gasteiger partial charge is 0.394 e. The van der Waals surface area contributed by atoms with Crippen LogP contribution in [0.3, 0.4) is 0 Å². The number of likely N-dealkylation sites (N-methyl/N-ethyl adjacent to an activating group) is 1. The molecule has 98 valence electrons. The zero-order valence-electron chi connectivity index (χ0n) is 9.39. The van der Waals surface area contributed by atoms with E-state index < -0.39 is 12.7 Å². The van der Waals surface area contributed by atoms with Crippen LogP contribution in [-0.4, -0.2) is 69.2 Å². The minimum Gasteiger partial charge on any atom is -0.394 e. The van der Waals surface area contributed by atoms with Gasteiger partial charge in [0.05, 0.1) is 26.4 Å². The summed E-state index contributed by atoms with van der Waals surface area (Å²) in [6, 6.07) is 0. The first kappa shape index (κ1) is 15.6. The van der Waals surface area contributed by atoms with Gasteiger partial charge >= 0.3 is 6.18 Å². The number of nitrogens with one attached hydrogen (secondary N) is 1. The first-order valence-electron chi connectivity index (χ1n) is 5.12. The highest BCUT2D eigenvalue weighted by Gasteiger charge is 2.30. The van der Waals surface area contributed by atoms with Crippen molar-refractivity contribution in [3.05, 3.63) is 0 Å². The number of aliphatic hydroxyl groups is 1. The molecule has 0 saturated heterocycles. The minimum absolute atomic E-state index is 0.115. The average molecular weight is 244 g/mol. The second-order valence-corrected chi connectivity index (χ2v) is 3.33. The summed E-state index contributed by atoms with van der Waals surface area (Å²) in [5.74, 6) is 0. The lowest BCUT2D eigenvalue weighted by Crippen LogP contribution is -2.40. The molecule has 0 amide bonds. The van der Waals surface area contributed by atoms with Gasteiger partial charge in [-0.25, -0.2) is 0 Å². The number of hydrogen-bond donors (Lipinski definition) is 2. The van der Waals surface area contributed by atoms with Crippen molar-refractivity contribution in [2.45, 2.75) is 6.18 Å². The molecule has 0 unspecified atom stereocenters. The van der Waals surface area contributed by atoms with E-state index in [-0.39, 0.29) is 26.4 Å². The maximum absolute atomic E-state index is 12.2. The summed E-state index contributed by atoms with van der Waals surface area (Å²) in [5, 5.41) is 11.2. The highest BCUT2D eigenvalue weighted by molar-refractivity contribution is 4.64. The normalized spacial score (nSPS) is 12.4. The summed E-state index contributed by atoms with van der Waals surface area (Å²) in [6.07, 6.45) is -4.19. The first-order chi connectivity index (χ1) is 7.49. The molecule has 7 heteroatoms. The summed E-state index contributed by atoms with van der Waals surface area (Å²) in [4.78, 5) is 1.27. The SMILES string of the molecule is CNCCN(CCOCCO)CC(F)(F)F. The van der Waals surface area contributed by atoms with E-state index in [0.29, 0.717) is 13.1 Å². The van der Waals surface area contributed by atoms with Crippen LogP contribution in [-0.2, 0) is 4.74 Å². The second-order valence-electron chi connectivity index (χ2n) is 3.33. The molecule has 0 fully saturated rings. The number of ether oxygens (including phenoxy) is 1. The van der Waals surface area contributed by atoms with Gasteiger partial charge in [0.2, 0.25) is 0 Å². The van der Waals surface area contributed by atoms with Crippen molar-refractivity contribution in [2.24, 2.45) is 0 Å². The third-order valence-electron chi connectivity index (χ3n) is 1.87. The van der Waals surface area contributed by atoms with Crippen LogP contribution in [0, 0.1) is 0 Å². The molecule has 0 aliphatic carbocycles. The monoisotopic (exact) mass is 244 g/mol. The first-order valence-corrected chi connectivity index (χ1v) is 5.12. The summed E-state index contributed by atoms with van der Waals surface area (Å²) in [7, 11) is 1.69. The number of aliphatic hydroxyl groups excluding tert-OH is 1. The predicted molar refractivity (Wildman–Crippen MR) is 54.3 cm³/mol. The van der Waals surface area contributed by atoms with E-state index in [0.717, 1.165) is 0 Å². The van der Waals surface area contributed by atoms with Crippen molar-refractivity contribution in [1.29, 1.82) is 0 Å².